The van der Waals surface area contributed by atoms with Gasteiger partial charge in [0.25, 0.3) is 0 Å². The second-order valence-corrected chi connectivity index (χ2v) is 9.36. The van der Waals surface area contributed by atoms with Gasteiger partial charge in [-0.25, -0.2) is 4.79 Å². The van der Waals surface area contributed by atoms with Crippen molar-refractivity contribution in [3.05, 3.63) is 83.4 Å². The van der Waals surface area contributed by atoms with Gasteiger partial charge in [-0.15, -0.1) is 10.2 Å². The zero-order chi connectivity index (χ0) is 29.5. The van der Waals surface area contributed by atoms with Crippen molar-refractivity contribution in [1.29, 1.82) is 0 Å². The minimum absolute atomic E-state index is 0.0194. The Hall–Kier alpha value is -4.61. The molecule has 0 saturated carbocycles. The van der Waals surface area contributed by atoms with Crippen molar-refractivity contribution in [2.75, 3.05) is 17.2 Å². The van der Waals surface area contributed by atoms with Gasteiger partial charge in [-0.3, -0.25) is 0 Å². The second-order valence-electron chi connectivity index (χ2n) is 9.36. The summed E-state index contributed by atoms with van der Waals surface area (Å²) in [6, 6.07) is 13.1. The Labute approximate surface area is 230 Å². The molecule has 212 valence electrons. The predicted octanol–water partition coefficient (Wildman–Crippen LogP) is 7.84. The number of carbonyl (C=O) groups is 1. The lowest BCUT2D eigenvalue weighted by atomic mass is 9.94. The summed E-state index contributed by atoms with van der Waals surface area (Å²) in [6.45, 7) is 3.82. The van der Waals surface area contributed by atoms with Crippen LogP contribution in [0.3, 0.4) is 0 Å². The molecule has 0 amide bonds. The summed E-state index contributed by atoms with van der Waals surface area (Å²) in [7, 11) is 0. The molecule has 2 N–H and O–H groups in total. The van der Waals surface area contributed by atoms with Gasteiger partial charge in [0.1, 0.15) is 5.69 Å². The largest absolute Gasteiger partial charge is 0.462 e. The molecule has 1 aromatic heterocycles. The third-order valence-electron chi connectivity index (χ3n) is 6.42. The number of anilines is 3. The monoisotopic (exact) mass is 572 g/mol. The third kappa shape index (κ3) is 5.67. The van der Waals surface area contributed by atoms with Gasteiger partial charge in [-0.05, 0) is 44.2 Å². The van der Waals surface area contributed by atoms with E-state index in [4.69, 9.17) is 4.74 Å². The maximum Gasteiger partial charge on any atom is 0.416 e. The fourth-order valence-electron chi connectivity index (χ4n) is 4.63. The van der Waals surface area contributed by atoms with E-state index in [1.54, 1.807) is 55.5 Å². The van der Waals surface area contributed by atoms with Crippen molar-refractivity contribution >= 4 is 39.5 Å². The second kappa shape index (κ2) is 10.4. The summed E-state index contributed by atoms with van der Waals surface area (Å²) in [5.74, 6) is -0.465. The van der Waals surface area contributed by atoms with E-state index in [0.717, 1.165) is 0 Å². The summed E-state index contributed by atoms with van der Waals surface area (Å²) in [4.78, 5) is 12.5. The average molecular weight is 573 g/mol. The highest BCUT2D eigenvalue weighted by Crippen LogP contribution is 2.40. The number of fused-ring (bicyclic) bond motifs is 2. The molecule has 0 fully saturated rings. The van der Waals surface area contributed by atoms with Crippen LogP contribution in [0.15, 0.2) is 66.7 Å². The highest BCUT2D eigenvalue weighted by molar-refractivity contribution is 6.19. The number of carbonyl (C=O) groups excluding carboxylic acids is 1. The lowest BCUT2D eigenvalue weighted by Gasteiger charge is -2.24. The van der Waals surface area contributed by atoms with E-state index in [0.29, 0.717) is 51.0 Å². The number of hydrogen-bond acceptors (Lipinski definition) is 6. The quantitative estimate of drug-likeness (QED) is 0.188. The Morgan fingerprint density at radius 1 is 0.927 bits per heavy atom. The van der Waals surface area contributed by atoms with Gasteiger partial charge in [0, 0.05) is 39.3 Å². The normalized spacial score (nSPS) is 15.1. The summed E-state index contributed by atoms with van der Waals surface area (Å²) in [5, 5.41) is 15.3. The molecule has 1 atom stereocenters. The van der Waals surface area contributed by atoms with Crippen LogP contribution in [-0.4, -0.2) is 28.8 Å². The summed E-state index contributed by atoms with van der Waals surface area (Å²) < 4.78 is 85.4. The molecule has 4 aromatic rings. The maximum absolute atomic E-state index is 13.4. The smallest absolute Gasteiger partial charge is 0.416 e. The van der Waals surface area contributed by atoms with Crippen molar-refractivity contribution in [2.45, 2.75) is 32.2 Å². The molecule has 0 saturated heterocycles. The number of hydrogen-bond donors (Lipinski definition) is 2. The Bertz CT molecular complexity index is 1650. The van der Waals surface area contributed by atoms with Crippen LogP contribution in [-0.2, 0) is 21.9 Å². The van der Waals surface area contributed by atoms with Crippen LogP contribution in [0.2, 0.25) is 0 Å². The van der Waals surface area contributed by atoms with Crippen LogP contribution in [0.4, 0.5) is 43.5 Å². The molecular formula is C29H22F6N4O2. The number of halogens is 6. The topological polar surface area (TPSA) is 76.1 Å². The van der Waals surface area contributed by atoms with Gasteiger partial charge in [-0.2, -0.15) is 26.3 Å². The molecule has 41 heavy (non-hydrogen) atoms. The molecule has 1 aliphatic rings. The van der Waals surface area contributed by atoms with Gasteiger partial charge < -0.3 is 15.4 Å². The van der Waals surface area contributed by atoms with Crippen molar-refractivity contribution in [1.82, 2.24) is 10.2 Å². The molecule has 0 spiro atoms. The minimum atomic E-state index is -4.99. The molecule has 0 aliphatic carbocycles. The molecule has 3 aromatic carbocycles. The van der Waals surface area contributed by atoms with E-state index in [1.165, 1.54) is 0 Å². The van der Waals surface area contributed by atoms with Gasteiger partial charge in [0.05, 0.1) is 23.3 Å². The van der Waals surface area contributed by atoms with Crippen LogP contribution in [0.25, 0.3) is 27.6 Å². The number of aromatic nitrogens is 2. The summed E-state index contributed by atoms with van der Waals surface area (Å²) in [5.41, 5.74) is -0.549. The van der Waals surface area contributed by atoms with E-state index in [2.05, 4.69) is 20.8 Å². The van der Waals surface area contributed by atoms with Gasteiger partial charge in [-0.1, -0.05) is 36.4 Å². The van der Waals surface area contributed by atoms with Crippen LogP contribution in [0, 0.1) is 0 Å². The van der Waals surface area contributed by atoms with Crippen LogP contribution >= 0.6 is 0 Å². The SMILES string of the molecule is CCOC(=O)C1=CC(C)Nc2cc(-c3nnc(Nc4cc(C(F)(F)F)cc(C(F)(F)F)c4)c4ccccc34)ccc21. The number of nitrogens with one attached hydrogen (secondary N) is 2. The van der Waals surface area contributed by atoms with Crippen molar-refractivity contribution in [2.24, 2.45) is 0 Å². The highest BCUT2D eigenvalue weighted by atomic mass is 19.4. The standard InChI is InChI=1S/C29H22F6N4O2/c1-3-41-27(40)23-10-15(2)36-24-11-16(8-9-20(23)24)25-21-6-4-5-7-22(21)26(39-38-25)37-19-13-17(28(30,31)32)12-18(14-19)29(33,34)35/h4-15,36H,3H2,1-2H3,(H,37,39). The van der Waals surface area contributed by atoms with Crippen molar-refractivity contribution < 1.29 is 35.9 Å². The lowest BCUT2D eigenvalue weighted by molar-refractivity contribution is -0.143. The fraction of sp³-hybridized carbons (Fsp3) is 0.207. The first-order chi connectivity index (χ1) is 19.3. The van der Waals surface area contributed by atoms with E-state index in [1.807, 2.05) is 6.92 Å². The van der Waals surface area contributed by atoms with Crippen molar-refractivity contribution in [3.8, 4) is 11.3 Å². The molecule has 6 nitrogen and oxygen atoms in total. The van der Waals surface area contributed by atoms with Crippen LogP contribution in [0.1, 0.15) is 30.5 Å². The molecule has 2 heterocycles. The Balaban J connectivity index is 1.56. The van der Waals surface area contributed by atoms with Crippen LogP contribution in [0.5, 0.6) is 0 Å². The number of benzene rings is 3. The number of alkyl halides is 6. The van der Waals surface area contributed by atoms with Gasteiger partial charge in [0.15, 0.2) is 5.82 Å². The summed E-state index contributed by atoms with van der Waals surface area (Å²) in [6.07, 6.45) is -8.21. The van der Waals surface area contributed by atoms with E-state index >= 15 is 0 Å². The Morgan fingerprint density at radius 3 is 2.22 bits per heavy atom. The number of rotatable bonds is 5. The number of esters is 1. The lowest BCUT2D eigenvalue weighted by Crippen LogP contribution is -2.21. The van der Waals surface area contributed by atoms with Gasteiger partial charge in [0.2, 0.25) is 0 Å². The van der Waals surface area contributed by atoms with E-state index < -0.39 is 35.1 Å². The molecule has 1 unspecified atom stereocenters. The van der Waals surface area contributed by atoms with Crippen LogP contribution < -0.4 is 10.6 Å². The number of ether oxygens (including phenoxy) is 1. The molecular weight excluding hydrogens is 550 g/mol. The third-order valence-corrected chi connectivity index (χ3v) is 6.42. The Kier molecular flexibility index (Phi) is 7.10. The summed E-state index contributed by atoms with van der Waals surface area (Å²) >= 11 is 0. The molecule has 1 aliphatic heterocycles. The molecule has 0 bridgehead atoms. The Morgan fingerprint density at radius 2 is 1.59 bits per heavy atom. The first kappa shape index (κ1) is 27.9. The van der Waals surface area contributed by atoms with Crippen molar-refractivity contribution in [3.63, 3.8) is 0 Å². The first-order valence-electron chi connectivity index (χ1n) is 12.5. The zero-order valence-electron chi connectivity index (χ0n) is 21.6. The zero-order valence-corrected chi connectivity index (χ0v) is 21.6. The van der Waals surface area contributed by atoms with E-state index in [-0.39, 0.29) is 24.5 Å². The predicted molar refractivity (Wildman–Crippen MR) is 142 cm³/mol. The average Bonchev–Trinajstić information content (AvgIpc) is 2.91. The molecule has 12 heteroatoms. The minimum Gasteiger partial charge on any atom is -0.462 e. The van der Waals surface area contributed by atoms with Gasteiger partial charge >= 0.3 is 18.3 Å². The molecule has 0 radical (unpaired) electrons. The first-order valence-corrected chi connectivity index (χ1v) is 12.5. The maximum atomic E-state index is 13.4. The number of nitrogens with zero attached hydrogens (tertiary/aromatic N) is 2. The molecule has 5 rings (SSSR count). The fourth-order valence-corrected chi connectivity index (χ4v) is 4.63. The highest BCUT2D eigenvalue weighted by Gasteiger charge is 2.37. The van der Waals surface area contributed by atoms with E-state index in [9.17, 15) is 31.1 Å².